The summed E-state index contributed by atoms with van der Waals surface area (Å²) in [6.45, 7) is 9.38. The fraction of sp³-hybridized carbons (Fsp3) is 0.478. The molecule has 1 N–H and O–H groups in total. The van der Waals surface area contributed by atoms with Crippen LogP contribution in [0.4, 0.5) is 5.69 Å². The summed E-state index contributed by atoms with van der Waals surface area (Å²) in [5, 5.41) is 11.4. The molecule has 144 valence electrons. The molecule has 2 heterocycles. The third-order valence-electron chi connectivity index (χ3n) is 6.39. The maximum Gasteiger partial charge on any atom is 0.0574 e. The molecule has 0 aromatic heterocycles. The lowest BCUT2D eigenvalue weighted by molar-refractivity contribution is -0.00601. The maximum absolute atomic E-state index is 10.6. The molecule has 4 heteroatoms. The van der Waals surface area contributed by atoms with Crippen LogP contribution in [0.5, 0.6) is 0 Å². The second-order valence-electron chi connectivity index (χ2n) is 8.26. The summed E-state index contributed by atoms with van der Waals surface area (Å²) in [6, 6.07) is 13.8. The molecule has 3 nitrogen and oxygen atoms in total. The fourth-order valence-corrected chi connectivity index (χ4v) is 4.77. The van der Waals surface area contributed by atoms with E-state index >= 15 is 0 Å². The zero-order chi connectivity index (χ0) is 19.1. The first-order chi connectivity index (χ1) is 12.9. The summed E-state index contributed by atoms with van der Waals surface area (Å²) >= 11 is 6.20. The highest BCUT2D eigenvalue weighted by atomic mass is 35.5. The van der Waals surface area contributed by atoms with Crippen LogP contribution in [0.3, 0.4) is 0 Å². The molecule has 0 radical (unpaired) electrons. The second-order valence-corrected chi connectivity index (χ2v) is 8.66. The third kappa shape index (κ3) is 3.73. The van der Waals surface area contributed by atoms with Gasteiger partial charge in [0.25, 0.3) is 0 Å². The summed E-state index contributed by atoms with van der Waals surface area (Å²) < 4.78 is 0. The van der Waals surface area contributed by atoms with Gasteiger partial charge in [0, 0.05) is 42.4 Å². The van der Waals surface area contributed by atoms with Crippen molar-refractivity contribution < 1.29 is 5.11 Å². The van der Waals surface area contributed by atoms with E-state index in [9.17, 15) is 5.11 Å². The Morgan fingerprint density at radius 3 is 2.48 bits per heavy atom. The zero-order valence-corrected chi connectivity index (χ0v) is 17.2. The summed E-state index contributed by atoms with van der Waals surface area (Å²) in [7, 11) is 0. The van der Waals surface area contributed by atoms with Gasteiger partial charge < -0.3 is 10.0 Å². The summed E-state index contributed by atoms with van der Waals surface area (Å²) in [6.07, 6.45) is 1.45. The van der Waals surface area contributed by atoms with Crippen LogP contribution in [-0.2, 0) is 0 Å². The molecular weight excluding hydrogens is 356 g/mol. The van der Waals surface area contributed by atoms with Crippen molar-refractivity contribution in [3.8, 4) is 0 Å². The Morgan fingerprint density at radius 2 is 1.74 bits per heavy atom. The average molecular weight is 385 g/mol. The van der Waals surface area contributed by atoms with Crippen LogP contribution >= 0.6 is 11.6 Å². The SMILES string of the molecule is Cc1ccc(C2CC(O)CC3CN(c4ccc(Cl)c(C)c4)CCN32)cc1C. The van der Waals surface area contributed by atoms with E-state index in [0.29, 0.717) is 12.1 Å². The van der Waals surface area contributed by atoms with Gasteiger partial charge in [0.2, 0.25) is 0 Å². The predicted molar refractivity (Wildman–Crippen MR) is 113 cm³/mol. The standard InChI is InChI=1S/C23H29ClN2O/c1-15-4-5-18(10-16(15)2)23-13-21(27)12-20-14-25(8-9-26(20)23)19-6-7-22(24)17(3)11-19/h4-7,10-11,20-21,23,27H,8-9,12-14H2,1-3H3. The topological polar surface area (TPSA) is 26.7 Å². The van der Waals surface area contributed by atoms with Crippen LogP contribution in [0.25, 0.3) is 0 Å². The Kier molecular flexibility index (Phi) is 5.19. The number of fused-ring (bicyclic) bond motifs is 1. The Balaban J connectivity index is 1.56. The number of nitrogens with zero attached hydrogens (tertiary/aromatic N) is 2. The molecule has 2 aromatic rings. The molecule has 2 fully saturated rings. The van der Waals surface area contributed by atoms with Crippen molar-refractivity contribution in [2.45, 2.75) is 51.8 Å². The van der Waals surface area contributed by atoms with Crippen molar-refractivity contribution in [3.63, 3.8) is 0 Å². The number of hydrogen-bond donors (Lipinski definition) is 1. The molecule has 2 saturated heterocycles. The quantitative estimate of drug-likeness (QED) is 0.816. The van der Waals surface area contributed by atoms with E-state index in [1.807, 2.05) is 6.07 Å². The number of piperazine rings is 1. The van der Waals surface area contributed by atoms with Gasteiger partial charge in [0.05, 0.1) is 6.10 Å². The average Bonchev–Trinajstić information content (AvgIpc) is 2.65. The van der Waals surface area contributed by atoms with Gasteiger partial charge in [-0.25, -0.2) is 0 Å². The number of anilines is 1. The number of aliphatic hydroxyl groups is 1. The molecule has 27 heavy (non-hydrogen) atoms. The zero-order valence-electron chi connectivity index (χ0n) is 16.5. The molecule has 2 aliphatic rings. The molecule has 0 bridgehead atoms. The molecule has 0 saturated carbocycles. The molecule has 4 rings (SSSR count). The smallest absolute Gasteiger partial charge is 0.0574 e. The number of benzene rings is 2. The second kappa shape index (κ2) is 7.46. The minimum atomic E-state index is -0.232. The van der Waals surface area contributed by atoms with E-state index in [2.05, 4.69) is 60.9 Å². The van der Waals surface area contributed by atoms with Crippen molar-refractivity contribution in [1.29, 1.82) is 0 Å². The van der Waals surface area contributed by atoms with Gasteiger partial charge in [-0.05, 0) is 74.1 Å². The number of aryl methyl sites for hydroxylation is 3. The highest BCUT2D eigenvalue weighted by molar-refractivity contribution is 6.31. The number of halogens is 1. The molecule has 0 aliphatic carbocycles. The van der Waals surface area contributed by atoms with E-state index in [1.165, 1.54) is 22.4 Å². The monoisotopic (exact) mass is 384 g/mol. The predicted octanol–water partition coefficient (Wildman–Crippen LogP) is 4.65. The van der Waals surface area contributed by atoms with Crippen LogP contribution in [0, 0.1) is 20.8 Å². The third-order valence-corrected chi connectivity index (χ3v) is 6.81. The summed E-state index contributed by atoms with van der Waals surface area (Å²) in [5.74, 6) is 0. The van der Waals surface area contributed by atoms with Gasteiger partial charge >= 0.3 is 0 Å². The molecule has 0 spiro atoms. The molecule has 3 unspecified atom stereocenters. The number of aliphatic hydroxyl groups excluding tert-OH is 1. The van der Waals surface area contributed by atoms with Gasteiger partial charge in [-0.1, -0.05) is 29.8 Å². The molecule has 0 amide bonds. The van der Waals surface area contributed by atoms with E-state index in [1.54, 1.807) is 0 Å². The maximum atomic E-state index is 10.6. The largest absolute Gasteiger partial charge is 0.393 e. The Labute approximate surface area is 167 Å². The van der Waals surface area contributed by atoms with E-state index < -0.39 is 0 Å². The first kappa shape index (κ1) is 18.8. The lowest BCUT2D eigenvalue weighted by Gasteiger charge is -2.50. The van der Waals surface area contributed by atoms with E-state index in [0.717, 1.165) is 43.1 Å². The van der Waals surface area contributed by atoms with Crippen LogP contribution in [0.15, 0.2) is 36.4 Å². The van der Waals surface area contributed by atoms with E-state index in [-0.39, 0.29) is 6.10 Å². The molecule has 2 aliphatic heterocycles. The highest BCUT2D eigenvalue weighted by Crippen LogP contribution is 2.38. The Hall–Kier alpha value is -1.55. The van der Waals surface area contributed by atoms with Gasteiger partial charge in [-0.2, -0.15) is 0 Å². The highest BCUT2D eigenvalue weighted by Gasteiger charge is 2.39. The first-order valence-electron chi connectivity index (χ1n) is 9.94. The molecule has 2 aromatic carbocycles. The van der Waals surface area contributed by atoms with Crippen molar-refractivity contribution in [1.82, 2.24) is 4.90 Å². The number of hydrogen-bond acceptors (Lipinski definition) is 3. The lowest BCUT2D eigenvalue weighted by atomic mass is 9.86. The van der Waals surface area contributed by atoms with Gasteiger partial charge in [-0.3, -0.25) is 4.90 Å². The first-order valence-corrected chi connectivity index (χ1v) is 10.3. The normalized spacial score (nSPS) is 26.1. The van der Waals surface area contributed by atoms with Gasteiger partial charge in [0.15, 0.2) is 0 Å². The van der Waals surface area contributed by atoms with Gasteiger partial charge in [-0.15, -0.1) is 0 Å². The minimum absolute atomic E-state index is 0.232. The summed E-state index contributed by atoms with van der Waals surface area (Å²) in [4.78, 5) is 5.07. The molecular formula is C23H29ClN2O. The van der Waals surface area contributed by atoms with Crippen LogP contribution in [-0.4, -0.2) is 41.8 Å². The minimum Gasteiger partial charge on any atom is -0.393 e. The van der Waals surface area contributed by atoms with Crippen LogP contribution in [0.1, 0.15) is 41.1 Å². The van der Waals surface area contributed by atoms with Gasteiger partial charge in [0.1, 0.15) is 0 Å². The van der Waals surface area contributed by atoms with Crippen molar-refractivity contribution in [3.05, 3.63) is 63.7 Å². The van der Waals surface area contributed by atoms with E-state index in [4.69, 9.17) is 11.6 Å². The van der Waals surface area contributed by atoms with Crippen LogP contribution < -0.4 is 4.90 Å². The fourth-order valence-electron chi connectivity index (χ4n) is 4.65. The molecule has 3 atom stereocenters. The Bertz CT molecular complexity index is 837. The summed E-state index contributed by atoms with van der Waals surface area (Å²) in [5.41, 5.74) is 6.36. The number of rotatable bonds is 2. The number of piperidine rings is 1. The van der Waals surface area contributed by atoms with Crippen molar-refractivity contribution in [2.24, 2.45) is 0 Å². The van der Waals surface area contributed by atoms with Crippen molar-refractivity contribution in [2.75, 3.05) is 24.5 Å². The Morgan fingerprint density at radius 1 is 0.926 bits per heavy atom. The van der Waals surface area contributed by atoms with Crippen molar-refractivity contribution >= 4 is 17.3 Å². The van der Waals surface area contributed by atoms with Crippen LogP contribution in [0.2, 0.25) is 5.02 Å². The lowest BCUT2D eigenvalue weighted by Crippen LogP contribution is -2.58.